The average molecular weight is 581 g/mol. The van der Waals surface area contributed by atoms with Crippen molar-refractivity contribution in [1.82, 2.24) is 5.32 Å². The fourth-order valence-corrected chi connectivity index (χ4v) is 8.99. The van der Waals surface area contributed by atoms with E-state index in [1.165, 1.54) is 0 Å². The highest BCUT2D eigenvalue weighted by Gasteiger charge is 2.61. The van der Waals surface area contributed by atoms with Crippen LogP contribution in [0.25, 0.3) is 0 Å². The normalized spacial score (nSPS) is 35.0. The molecule has 0 aliphatic heterocycles. The number of hydrogen-bond donors (Lipinski definition) is 1. The van der Waals surface area contributed by atoms with Crippen LogP contribution in [0.15, 0.2) is 23.3 Å². The summed E-state index contributed by atoms with van der Waals surface area (Å²) in [6.07, 6.45) is 10.0. The molecule has 0 heterocycles. The second kappa shape index (κ2) is 11.6. The Labute approximate surface area is 255 Å². The molecule has 0 bridgehead atoms. The van der Waals surface area contributed by atoms with Crippen molar-refractivity contribution in [3.05, 3.63) is 23.3 Å². The molecule has 1 unspecified atom stereocenters. The zero-order valence-corrected chi connectivity index (χ0v) is 28.3. The molecule has 3 rings (SSSR count). The van der Waals surface area contributed by atoms with Crippen LogP contribution in [-0.2, 0) is 14.3 Å². The number of carbonyl (C=O) groups excluding carboxylic acids is 3. The van der Waals surface area contributed by atoms with Gasteiger partial charge in [-0.15, -0.1) is 0 Å². The third kappa shape index (κ3) is 6.00. The summed E-state index contributed by atoms with van der Waals surface area (Å²) in [6.45, 7) is 24.4. The molecular weight excluding hydrogens is 524 g/mol. The van der Waals surface area contributed by atoms with Gasteiger partial charge >= 0.3 is 6.09 Å². The Hall–Kier alpha value is -2.42. The smallest absolute Gasteiger partial charge is 0.407 e. The predicted octanol–water partition coefficient (Wildman–Crippen LogP) is 8.37. The number of allylic oxidation sites excluding steroid dienone is 4. The van der Waals surface area contributed by atoms with Crippen LogP contribution in [-0.4, -0.2) is 30.8 Å². The summed E-state index contributed by atoms with van der Waals surface area (Å²) in [5.74, 6) is 0.291. The summed E-state index contributed by atoms with van der Waals surface area (Å²) in [5.41, 5.74) is -0.433. The minimum Gasteiger partial charge on any atom is -0.449 e. The highest BCUT2D eigenvalue weighted by atomic mass is 16.5. The molecule has 3 aliphatic carbocycles. The van der Waals surface area contributed by atoms with Crippen LogP contribution in [0.3, 0.4) is 0 Å². The van der Waals surface area contributed by atoms with Crippen molar-refractivity contribution >= 4 is 17.7 Å². The minimum absolute atomic E-state index is 0.00138. The van der Waals surface area contributed by atoms with Crippen molar-refractivity contribution < 1.29 is 19.1 Å². The molecule has 0 aromatic heterocycles. The van der Waals surface area contributed by atoms with Gasteiger partial charge in [0.2, 0.25) is 0 Å². The van der Waals surface area contributed by atoms with Crippen molar-refractivity contribution in [3.8, 4) is 6.07 Å². The summed E-state index contributed by atoms with van der Waals surface area (Å²) >= 11 is 0. The highest BCUT2D eigenvalue weighted by molar-refractivity contribution is 6.04. The van der Waals surface area contributed by atoms with Crippen LogP contribution in [0.4, 0.5) is 4.79 Å². The first kappa shape index (κ1) is 34.1. The lowest BCUT2D eigenvalue weighted by atomic mass is 9.42. The molecule has 6 nitrogen and oxygen atoms in total. The van der Waals surface area contributed by atoms with Gasteiger partial charge in [-0.2, -0.15) is 5.26 Å². The Morgan fingerprint density at radius 1 is 1.14 bits per heavy atom. The van der Waals surface area contributed by atoms with Crippen molar-refractivity contribution in [2.45, 2.75) is 121 Å². The van der Waals surface area contributed by atoms with Crippen LogP contribution in [0, 0.1) is 55.7 Å². The number of nitrogens with zero attached hydrogens (tertiary/aromatic N) is 1. The maximum atomic E-state index is 13.3. The summed E-state index contributed by atoms with van der Waals surface area (Å²) in [7, 11) is 0. The van der Waals surface area contributed by atoms with Crippen LogP contribution in [0.1, 0.15) is 121 Å². The van der Waals surface area contributed by atoms with E-state index >= 15 is 0 Å². The molecule has 6 heteroatoms. The Kier molecular flexibility index (Phi) is 9.40. The van der Waals surface area contributed by atoms with Gasteiger partial charge in [-0.25, -0.2) is 4.79 Å². The maximum Gasteiger partial charge on any atom is 0.407 e. The number of hydrogen-bond acceptors (Lipinski definition) is 5. The fourth-order valence-electron chi connectivity index (χ4n) is 8.99. The zero-order valence-electron chi connectivity index (χ0n) is 28.3. The minimum atomic E-state index is -0.694. The number of alkyl carbamates (subject to hydrolysis) is 1. The highest BCUT2D eigenvalue weighted by Crippen LogP contribution is 2.67. The Morgan fingerprint density at radius 3 is 2.33 bits per heavy atom. The molecule has 0 radical (unpaired) electrons. The molecule has 234 valence electrons. The third-order valence-corrected chi connectivity index (χ3v) is 12.2. The van der Waals surface area contributed by atoms with Gasteiger partial charge in [0.05, 0.1) is 12.2 Å². The lowest BCUT2D eigenvalue weighted by Gasteiger charge is -2.61. The van der Waals surface area contributed by atoms with Gasteiger partial charge in [0.1, 0.15) is 6.07 Å². The second-order valence-corrected chi connectivity index (χ2v) is 16.2. The molecule has 3 aliphatic rings. The van der Waals surface area contributed by atoms with Gasteiger partial charge in [0.15, 0.2) is 11.6 Å². The fraction of sp³-hybridized carbons (Fsp3) is 0.778. The first-order valence-electron chi connectivity index (χ1n) is 16.0. The van der Waals surface area contributed by atoms with Crippen LogP contribution < -0.4 is 5.32 Å². The molecule has 0 saturated heterocycles. The Bertz CT molecular complexity index is 1200. The van der Waals surface area contributed by atoms with Gasteiger partial charge in [-0.3, -0.25) is 9.59 Å². The Balaban J connectivity index is 2.03. The average Bonchev–Trinajstić information content (AvgIpc) is 2.87. The number of nitriles is 1. The molecule has 1 amide bonds. The third-order valence-electron chi connectivity index (χ3n) is 12.2. The van der Waals surface area contributed by atoms with E-state index in [4.69, 9.17) is 4.74 Å². The van der Waals surface area contributed by atoms with E-state index in [1.807, 2.05) is 32.9 Å². The summed E-state index contributed by atoms with van der Waals surface area (Å²) in [6, 6.07) is 2.18. The lowest BCUT2D eigenvalue weighted by Crippen LogP contribution is -2.56. The van der Waals surface area contributed by atoms with E-state index in [2.05, 4.69) is 59.9 Å². The SMILES string of the molecule is CCNC(=O)OC[C@]1(CCC(C)(C)[C@]2(C)CC[C@H]3C(C)(C)C(=O)C(C#N)=C[C@]3(C)/C2=C/C(C)=O)CCC(C)(C)CC1C. The van der Waals surface area contributed by atoms with Crippen molar-refractivity contribution in [3.63, 3.8) is 0 Å². The lowest BCUT2D eigenvalue weighted by molar-refractivity contribution is -0.131. The zero-order chi connectivity index (χ0) is 31.9. The number of carbonyl (C=O) groups is 3. The molecule has 42 heavy (non-hydrogen) atoms. The maximum absolute atomic E-state index is 13.3. The van der Waals surface area contributed by atoms with Crippen LogP contribution in [0.5, 0.6) is 0 Å². The van der Waals surface area contributed by atoms with E-state index in [-0.39, 0.29) is 50.8 Å². The molecule has 0 aromatic carbocycles. The standard InChI is InChI=1S/C36H56N2O4/c1-12-38-30(41)42-23-36(17-15-31(4,5)20-24(36)2)18-16-32(6,7)35(11)14-13-27-33(8,9)29(40)26(22-37)21-34(27,10)28(35)19-25(3)39/h19,21,24,27H,12-18,20,23H2,1-11H3,(H,38,41)/b28-19-/t24?,27-,34-,35+,36+/m0/s1. The molecule has 2 fully saturated rings. The van der Waals surface area contributed by atoms with Crippen LogP contribution >= 0.6 is 0 Å². The van der Waals surface area contributed by atoms with E-state index < -0.39 is 10.8 Å². The predicted molar refractivity (Wildman–Crippen MR) is 167 cm³/mol. The first-order valence-corrected chi connectivity index (χ1v) is 16.0. The molecule has 1 N–H and O–H groups in total. The van der Waals surface area contributed by atoms with Crippen molar-refractivity contribution in [2.75, 3.05) is 13.2 Å². The first-order chi connectivity index (χ1) is 19.2. The second-order valence-electron chi connectivity index (χ2n) is 16.2. The number of amides is 1. The quantitative estimate of drug-likeness (QED) is 0.291. The van der Waals surface area contributed by atoms with Gasteiger partial charge < -0.3 is 10.1 Å². The van der Waals surface area contributed by atoms with Crippen molar-refractivity contribution in [2.24, 2.45) is 44.3 Å². The number of rotatable bonds is 8. The molecular formula is C36H56N2O4. The molecule has 0 spiro atoms. The summed E-state index contributed by atoms with van der Waals surface area (Å²) in [5, 5.41) is 12.7. The summed E-state index contributed by atoms with van der Waals surface area (Å²) in [4.78, 5) is 38.5. The number of ketones is 2. The number of Topliss-reactive ketones (excluding diaryl/α,β-unsaturated/α-hetero) is 1. The topological polar surface area (TPSA) is 96.3 Å². The Morgan fingerprint density at radius 2 is 1.79 bits per heavy atom. The summed E-state index contributed by atoms with van der Waals surface area (Å²) < 4.78 is 5.84. The monoisotopic (exact) mass is 580 g/mol. The van der Waals surface area contributed by atoms with Crippen LogP contribution in [0.2, 0.25) is 0 Å². The van der Waals surface area contributed by atoms with E-state index in [1.54, 1.807) is 6.92 Å². The van der Waals surface area contributed by atoms with E-state index in [0.29, 0.717) is 19.1 Å². The van der Waals surface area contributed by atoms with E-state index in [0.717, 1.165) is 50.5 Å². The number of fused-ring (bicyclic) bond motifs is 1. The van der Waals surface area contributed by atoms with Gasteiger partial charge in [-0.1, -0.05) is 74.0 Å². The molecule has 5 atom stereocenters. The largest absolute Gasteiger partial charge is 0.449 e. The van der Waals surface area contributed by atoms with Gasteiger partial charge in [0.25, 0.3) is 0 Å². The van der Waals surface area contributed by atoms with Gasteiger partial charge in [-0.05, 0) is 93.0 Å². The molecule has 0 aromatic rings. The number of nitrogens with one attached hydrogen (secondary N) is 1. The van der Waals surface area contributed by atoms with E-state index in [9.17, 15) is 19.6 Å². The van der Waals surface area contributed by atoms with Crippen molar-refractivity contribution in [1.29, 1.82) is 5.26 Å². The number of ether oxygens (including phenoxy) is 1. The van der Waals surface area contributed by atoms with Gasteiger partial charge in [0, 0.05) is 22.8 Å². The molecule has 2 saturated carbocycles.